The summed E-state index contributed by atoms with van der Waals surface area (Å²) < 4.78 is 36.6. The van der Waals surface area contributed by atoms with E-state index in [0.29, 0.717) is 29.8 Å². The molecule has 0 radical (unpaired) electrons. The van der Waals surface area contributed by atoms with E-state index in [1.807, 2.05) is 0 Å². The highest BCUT2D eigenvalue weighted by molar-refractivity contribution is 7.91. The molecule has 2 atom stereocenters. The molecule has 0 spiro atoms. The number of sulfone groups is 1. The first kappa shape index (κ1) is 15.7. The second kappa shape index (κ2) is 6.39. The van der Waals surface area contributed by atoms with Gasteiger partial charge in [-0.05, 0) is 37.3 Å². The molecule has 7 heteroatoms. The van der Waals surface area contributed by atoms with Crippen LogP contribution in [0.5, 0.6) is 0 Å². The molecule has 1 fully saturated rings. The molecule has 0 aromatic heterocycles. The monoisotopic (exact) mass is 320 g/mol. The van der Waals surface area contributed by atoms with Crippen molar-refractivity contribution in [2.24, 2.45) is 11.8 Å². The van der Waals surface area contributed by atoms with Crippen LogP contribution in [0.2, 0.25) is 5.02 Å². The smallest absolute Gasteiger partial charge is 0.150 e. The van der Waals surface area contributed by atoms with Crippen molar-refractivity contribution in [2.75, 3.05) is 11.5 Å². The maximum atomic E-state index is 13.7. The average Bonchev–Trinajstić information content (AvgIpc) is 2.72. The second-order valence-corrected chi connectivity index (χ2v) is 7.91. The van der Waals surface area contributed by atoms with Gasteiger partial charge >= 0.3 is 0 Å². The van der Waals surface area contributed by atoms with Crippen molar-refractivity contribution >= 4 is 21.4 Å². The molecular weight excluding hydrogens is 303 g/mol. The number of hydrogen-bond donors (Lipinski definition) is 2. The van der Waals surface area contributed by atoms with Gasteiger partial charge in [-0.25, -0.2) is 12.8 Å². The molecule has 1 heterocycles. The van der Waals surface area contributed by atoms with E-state index in [9.17, 15) is 12.8 Å². The first-order valence-electron chi connectivity index (χ1n) is 6.50. The van der Waals surface area contributed by atoms with Crippen LogP contribution in [0, 0.1) is 11.7 Å². The molecule has 0 aliphatic carbocycles. The summed E-state index contributed by atoms with van der Waals surface area (Å²) >= 11 is 5.99. The van der Waals surface area contributed by atoms with E-state index < -0.39 is 9.84 Å². The molecule has 0 bridgehead atoms. The number of hydrogen-bond acceptors (Lipinski definition) is 4. The maximum Gasteiger partial charge on any atom is 0.150 e. The highest BCUT2D eigenvalue weighted by Crippen LogP contribution is 2.26. The Labute approximate surface area is 123 Å². The van der Waals surface area contributed by atoms with Crippen LogP contribution in [0.25, 0.3) is 0 Å². The molecule has 3 N–H and O–H groups in total. The third kappa shape index (κ3) is 3.91. The van der Waals surface area contributed by atoms with Crippen molar-refractivity contribution in [1.82, 2.24) is 5.43 Å². The van der Waals surface area contributed by atoms with Crippen LogP contribution in [-0.4, -0.2) is 26.0 Å². The predicted octanol–water partition coefficient (Wildman–Crippen LogP) is 1.68. The van der Waals surface area contributed by atoms with E-state index >= 15 is 0 Å². The molecule has 1 aromatic carbocycles. The molecule has 112 valence electrons. The largest absolute Gasteiger partial charge is 0.271 e. The van der Waals surface area contributed by atoms with Crippen LogP contribution in [0.4, 0.5) is 4.39 Å². The van der Waals surface area contributed by atoms with Crippen molar-refractivity contribution in [3.8, 4) is 0 Å². The lowest BCUT2D eigenvalue weighted by Crippen LogP contribution is -2.38. The zero-order valence-electron chi connectivity index (χ0n) is 11.0. The Kier molecular flexibility index (Phi) is 5.01. The van der Waals surface area contributed by atoms with E-state index in [1.54, 1.807) is 12.1 Å². The average molecular weight is 321 g/mol. The summed E-state index contributed by atoms with van der Waals surface area (Å²) in [6, 6.07) is 4.35. The summed E-state index contributed by atoms with van der Waals surface area (Å²) in [7, 11) is -2.91. The van der Waals surface area contributed by atoms with Crippen LogP contribution in [0.15, 0.2) is 18.2 Å². The topological polar surface area (TPSA) is 72.2 Å². The number of nitrogens with two attached hydrogens (primary N) is 1. The first-order valence-corrected chi connectivity index (χ1v) is 8.70. The minimum absolute atomic E-state index is 0.0756. The minimum atomic E-state index is -2.91. The Morgan fingerprint density at radius 3 is 2.80 bits per heavy atom. The van der Waals surface area contributed by atoms with Gasteiger partial charge in [0.05, 0.1) is 11.5 Å². The minimum Gasteiger partial charge on any atom is -0.271 e. The number of hydrazine groups is 1. The van der Waals surface area contributed by atoms with E-state index in [1.165, 1.54) is 6.07 Å². The van der Waals surface area contributed by atoms with Crippen molar-refractivity contribution in [3.63, 3.8) is 0 Å². The Bertz CT molecular complexity index is 559. The Hall–Kier alpha value is -0.690. The van der Waals surface area contributed by atoms with E-state index in [2.05, 4.69) is 5.43 Å². The van der Waals surface area contributed by atoms with E-state index in [4.69, 9.17) is 17.4 Å². The summed E-state index contributed by atoms with van der Waals surface area (Å²) in [4.78, 5) is 0. The van der Waals surface area contributed by atoms with Gasteiger partial charge in [-0.3, -0.25) is 11.3 Å². The van der Waals surface area contributed by atoms with Crippen molar-refractivity contribution in [1.29, 1.82) is 0 Å². The van der Waals surface area contributed by atoms with Gasteiger partial charge in [-0.15, -0.1) is 0 Å². The molecule has 1 aromatic rings. The predicted molar refractivity (Wildman–Crippen MR) is 77.6 cm³/mol. The molecule has 1 aliphatic rings. The zero-order chi connectivity index (χ0) is 14.8. The SMILES string of the molecule is NNC(Cc1c(F)cccc1Cl)CC1CCS(=O)(=O)C1. The third-order valence-electron chi connectivity index (χ3n) is 3.69. The number of benzene rings is 1. The van der Waals surface area contributed by atoms with Crippen LogP contribution in [0.3, 0.4) is 0 Å². The van der Waals surface area contributed by atoms with Crippen LogP contribution >= 0.6 is 11.6 Å². The highest BCUT2D eigenvalue weighted by atomic mass is 35.5. The fourth-order valence-electron chi connectivity index (χ4n) is 2.64. The van der Waals surface area contributed by atoms with Crippen LogP contribution in [0.1, 0.15) is 18.4 Å². The second-order valence-electron chi connectivity index (χ2n) is 5.27. The first-order chi connectivity index (χ1) is 9.41. The molecule has 2 unspecified atom stereocenters. The maximum absolute atomic E-state index is 13.7. The van der Waals surface area contributed by atoms with Gasteiger partial charge in [0.15, 0.2) is 9.84 Å². The van der Waals surface area contributed by atoms with Crippen molar-refractivity contribution < 1.29 is 12.8 Å². The zero-order valence-corrected chi connectivity index (χ0v) is 12.6. The normalized spacial score (nSPS) is 22.9. The van der Waals surface area contributed by atoms with Crippen molar-refractivity contribution in [2.45, 2.75) is 25.3 Å². The summed E-state index contributed by atoms with van der Waals surface area (Å²) in [5.41, 5.74) is 3.05. The van der Waals surface area contributed by atoms with Gasteiger partial charge < -0.3 is 0 Å². The van der Waals surface area contributed by atoms with Crippen LogP contribution in [-0.2, 0) is 16.3 Å². The molecular formula is C13H18ClFN2O2S. The van der Waals surface area contributed by atoms with E-state index in [0.717, 1.165) is 0 Å². The summed E-state index contributed by atoms with van der Waals surface area (Å²) in [5.74, 6) is 5.64. The molecule has 1 aliphatic heterocycles. The number of rotatable bonds is 5. The Morgan fingerprint density at radius 2 is 2.25 bits per heavy atom. The summed E-state index contributed by atoms with van der Waals surface area (Å²) in [6.07, 6.45) is 1.59. The lowest BCUT2D eigenvalue weighted by molar-refractivity contribution is 0.404. The molecule has 0 amide bonds. The molecule has 4 nitrogen and oxygen atoms in total. The van der Waals surface area contributed by atoms with Gasteiger partial charge in [-0.1, -0.05) is 17.7 Å². The van der Waals surface area contributed by atoms with Gasteiger partial charge in [0.25, 0.3) is 0 Å². The van der Waals surface area contributed by atoms with Crippen LogP contribution < -0.4 is 11.3 Å². The standard InChI is InChI=1S/C13H18ClFN2O2S/c14-12-2-1-3-13(15)11(12)7-10(17-16)6-9-4-5-20(18,19)8-9/h1-3,9-10,17H,4-8,16H2. The number of nitrogens with one attached hydrogen (secondary N) is 1. The van der Waals surface area contributed by atoms with E-state index in [-0.39, 0.29) is 29.3 Å². The lowest BCUT2D eigenvalue weighted by atomic mass is 9.95. The number of halogens is 2. The fourth-order valence-corrected chi connectivity index (χ4v) is 4.76. The quantitative estimate of drug-likeness (QED) is 0.639. The third-order valence-corrected chi connectivity index (χ3v) is 5.88. The van der Waals surface area contributed by atoms with Crippen molar-refractivity contribution in [3.05, 3.63) is 34.6 Å². The Balaban J connectivity index is 2.03. The van der Waals surface area contributed by atoms with Gasteiger partial charge in [0.2, 0.25) is 0 Å². The highest BCUT2D eigenvalue weighted by Gasteiger charge is 2.30. The summed E-state index contributed by atoms with van der Waals surface area (Å²) in [5, 5.41) is 0.365. The molecule has 20 heavy (non-hydrogen) atoms. The fraction of sp³-hybridized carbons (Fsp3) is 0.538. The van der Waals surface area contributed by atoms with Gasteiger partial charge in [0.1, 0.15) is 5.82 Å². The molecule has 1 saturated heterocycles. The summed E-state index contributed by atoms with van der Waals surface area (Å²) in [6.45, 7) is 0. The molecule has 2 rings (SSSR count). The van der Waals surface area contributed by atoms with Gasteiger partial charge in [-0.2, -0.15) is 0 Å². The Morgan fingerprint density at radius 1 is 1.50 bits per heavy atom. The van der Waals surface area contributed by atoms with Gasteiger partial charge in [0, 0.05) is 16.6 Å². The molecule has 0 saturated carbocycles. The lowest BCUT2D eigenvalue weighted by Gasteiger charge is -2.20.